The molecule has 4 fully saturated rings. The van der Waals surface area contributed by atoms with Crippen molar-refractivity contribution in [3.63, 3.8) is 0 Å². The lowest BCUT2D eigenvalue weighted by molar-refractivity contribution is -0.149. The molecule has 4 bridgehead atoms. The fraction of sp³-hybridized carbons (Fsp3) is 0.875. The number of hydrogen-bond donors (Lipinski definition) is 2. The van der Waals surface area contributed by atoms with E-state index in [-0.39, 0.29) is 23.2 Å². The van der Waals surface area contributed by atoms with Gasteiger partial charge in [0.25, 0.3) is 0 Å². The monoisotopic (exact) mass is 316 g/mol. The summed E-state index contributed by atoms with van der Waals surface area (Å²) in [6, 6.07) is 0. The standard InChI is InChI=1S/2C8H12O2.ClH/c2*9-7(10)8-3-1-6(5-8)2-4-8;/h2*6H,1-5H2,(H,9,10);1H. The Morgan fingerprint density at radius 2 is 1.00 bits per heavy atom. The Labute approximate surface area is 131 Å². The third-order valence-corrected chi connectivity index (χ3v) is 6.39. The Balaban J connectivity index is 0.000000147. The van der Waals surface area contributed by atoms with Crippen LogP contribution in [0.5, 0.6) is 0 Å². The van der Waals surface area contributed by atoms with Gasteiger partial charge in [-0.1, -0.05) is 0 Å². The average molecular weight is 317 g/mol. The van der Waals surface area contributed by atoms with E-state index in [1.165, 1.54) is 0 Å². The first-order valence-corrected chi connectivity index (χ1v) is 7.93. The smallest absolute Gasteiger partial charge is 0.309 e. The zero-order valence-electron chi connectivity index (χ0n) is 12.3. The van der Waals surface area contributed by atoms with Gasteiger partial charge in [-0.05, 0) is 76.0 Å². The first-order valence-electron chi connectivity index (χ1n) is 7.93. The van der Waals surface area contributed by atoms with E-state index in [0.717, 1.165) is 76.0 Å². The quantitative estimate of drug-likeness (QED) is 0.814. The molecule has 0 heterocycles. The number of carbonyl (C=O) groups is 2. The Bertz CT molecular complexity index is 378. The number of hydrogen-bond acceptors (Lipinski definition) is 2. The Morgan fingerprint density at radius 1 is 0.714 bits per heavy atom. The van der Waals surface area contributed by atoms with Crippen molar-refractivity contribution in [3.8, 4) is 0 Å². The van der Waals surface area contributed by atoms with Crippen LogP contribution in [0, 0.1) is 22.7 Å². The molecule has 0 saturated heterocycles. The molecule has 5 heteroatoms. The summed E-state index contributed by atoms with van der Waals surface area (Å²) in [5.41, 5.74) is -0.546. The minimum Gasteiger partial charge on any atom is -0.481 e. The number of aliphatic carboxylic acids is 2. The van der Waals surface area contributed by atoms with Crippen LogP contribution >= 0.6 is 12.4 Å². The molecule has 0 radical (unpaired) electrons. The molecule has 21 heavy (non-hydrogen) atoms. The average Bonchev–Trinajstić information content (AvgIpc) is 3.20. The zero-order chi connectivity index (χ0) is 14.4. The molecule has 0 aromatic rings. The van der Waals surface area contributed by atoms with E-state index < -0.39 is 11.9 Å². The van der Waals surface area contributed by atoms with Crippen molar-refractivity contribution in [2.24, 2.45) is 22.7 Å². The molecule has 120 valence electrons. The highest BCUT2D eigenvalue weighted by Gasteiger charge is 2.50. The SMILES string of the molecule is Cl.O=C(O)C12CCC(CC1)C2.O=C(O)C12CCC(CC1)C2. The van der Waals surface area contributed by atoms with Crippen LogP contribution < -0.4 is 0 Å². The van der Waals surface area contributed by atoms with Crippen LogP contribution in [0.25, 0.3) is 0 Å². The predicted molar refractivity (Wildman–Crippen MR) is 80.5 cm³/mol. The van der Waals surface area contributed by atoms with Gasteiger partial charge in [0.05, 0.1) is 10.8 Å². The van der Waals surface area contributed by atoms with Gasteiger partial charge in [-0.15, -0.1) is 12.4 Å². The van der Waals surface area contributed by atoms with Crippen LogP contribution in [0.15, 0.2) is 0 Å². The van der Waals surface area contributed by atoms with Crippen LogP contribution in [0.3, 0.4) is 0 Å². The predicted octanol–water partition coefficient (Wildman–Crippen LogP) is 3.72. The molecule has 4 aliphatic carbocycles. The van der Waals surface area contributed by atoms with E-state index in [4.69, 9.17) is 10.2 Å². The molecule has 0 aromatic carbocycles. The lowest BCUT2D eigenvalue weighted by Crippen LogP contribution is -2.25. The van der Waals surface area contributed by atoms with Crippen LogP contribution in [0.2, 0.25) is 0 Å². The zero-order valence-corrected chi connectivity index (χ0v) is 13.2. The maximum atomic E-state index is 10.8. The van der Waals surface area contributed by atoms with Crippen LogP contribution in [0.4, 0.5) is 0 Å². The lowest BCUT2D eigenvalue weighted by atomic mass is 9.85. The molecule has 0 spiro atoms. The van der Waals surface area contributed by atoms with Gasteiger partial charge in [-0.25, -0.2) is 0 Å². The van der Waals surface area contributed by atoms with E-state index in [0.29, 0.717) is 0 Å². The van der Waals surface area contributed by atoms with Crippen molar-refractivity contribution in [2.75, 3.05) is 0 Å². The molecule has 0 aromatic heterocycles. The molecule has 0 amide bonds. The Kier molecular flexibility index (Phi) is 4.57. The van der Waals surface area contributed by atoms with E-state index in [1.54, 1.807) is 0 Å². The largest absolute Gasteiger partial charge is 0.481 e. The highest BCUT2D eigenvalue weighted by molar-refractivity contribution is 5.85. The number of rotatable bonds is 2. The minimum absolute atomic E-state index is 0. The molecule has 4 aliphatic rings. The van der Waals surface area contributed by atoms with Crippen molar-refractivity contribution in [1.29, 1.82) is 0 Å². The summed E-state index contributed by atoms with van der Waals surface area (Å²) in [6.07, 6.45) is 10.3. The Morgan fingerprint density at radius 3 is 1.10 bits per heavy atom. The summed E-state index contributed by atoms with van der Waals surface area (Å²) in [7, 11) is 0. The fourth-order valence-corrected chi connectivity index (χ4v) is 4.98. The molecule has 4 nitrogen and oxygen atoms in total. The molecule has 0 unspecified atom stereocenters. The first-order chi connectivity index (χ1) is 9.46. The van der Waals surface area contributed by atoms with Gasteiger partial charge in [0.15, 0.2) is 0 Å². The van der Waals surface area contributed by atoms with Crippen molar-refractivity contribution in [2.45, 2.75) is 64.2 Å². The summed E-state index contributed by atoms with van der Waals surface area (Å²) in [5.74, 6) is 0.396. The molecule has 2 N–H and O–H groups in total. The second-order valence-electron chi connectivity index (χ2n) is 7.47. The van der Waals surface area contributed by atoms with Gasteiger partial charge < -0.3 is 10.2 Å². The van der Waals surface area contributed by atoms with Crippen molar-refractivity contribution in [1.82, 2.24) is 0 Å². The van der Waals surface area contributed by atoms with Crippen molar-refractivity contribution >= 4 is 24.3 Å². The van der Waals surface area contributed by atoms with Crippen molar-refractivity contribution in [3.05, 3.63) is 0 Å². The summed E-state index contributed by atoms with van der Waals surface area (Å²) >= 11 is 0. The minimum atomic E-state index is -0.549. The van der Waals surface area contributed by atoms with E-state index in [2.05, 4.69) is 0 Å². The van der Waals surface area contributed by atoms with E-state index in [9.17, 15) is 9.59 Å². The third-order valence-electron chi connectivity index (χ3n) is 6.39. The summed E-state index contributed by atoms with van der Waals surface area (Å²) in [4.78, 5) is 21.6. The van der Waals surface area contributed by atoms with Gasteiger partial charge in [-0.2, -0.15) is 0 Å². The normalized spacial score (nSPS) is 42.1. The summed E-state index contributed by atoms with van der Waals surface area (Å²) in [5, 5.41) is 17.8. The highest BCUT2D eigenvalue weighted by Crippen LogP contribution is 2.54. The fourth-order valence-electron chi connectivity index (χ4n) is 4.98. The number of fused-ring (bicyclic) bond motifs is 4. The van der Waals surface area contributed by atoms with E-state index in [1.807, 2.05) is 0 Å². The summed E-state index contributed by atoms with van der Waals surface area (Å²) in [6.45, 7) is 0. The molecule has 0 aliphatic heterocycles. The Hall–Kier alpha value is -0.770. The maximum absolute atomic E-state index is 10.8. The molecular weight excluding hydrogens is 292 g/mol. The van der Waals surface area contributed by atoms with Crippen LogP contribution in [-0.2, 0) is 9.59 Å². The lowest BCUT2D eigenvalue weighted by Gasteiger charge is -2.19. The third kappa shape index (κ3) is 2.79. The number of carboxylic acids is 2. The molecule has 0 atom stereocenters. The maximum Gasteiger partial charge on any atom is 0.309 e. The van der Waals surface area contributed by atoms with Gasteiger partial charge >= 0.3 is 11.9 Å². The first kappa shape index (κ1) is 16.6. The summed E-state index contributed by atoms with van der Waals surface area (Å²) < 4.78 is 0. The second-order valence-corrected chi connectivity index (χ2v) is 7.47. The second kappa shape index (κ2) is 5.79. The van der Waals surface area contributed by atoms with Crippen molar-refractivity contribution < 1.29 is 19.8 Å². The molecular formula is C16H25ClO4. The van der Waals surface area contributed by atoms with Gasteiger partial charge in [0, 0.05) is 0 Å². The highest BCUT2D eigenvalue weighted by atomic mass is 35.5. The van der Waals surface area contributed by atoms with Gasteiger partial charge in [0.1, 0.15) is 0 Å². The molecule has 4 rings (SSSR count). The number of halogens is 1. The topological polar surface area (TPSA) is 74.6 Å². The number of carboxylic acid groups (broad SMARTS) is 2. The van der Waals surface area contributed by atoms with Crippen LogP contribution in [0.1, 0.15) is 64.2 Å². The van der Waals surface area contributed by atoms with E-state index >= 15 is 0 Å². The molecule has 4 saturated carbocycles. The van der Waals surface area contributed by atoms with Crippen LogP contribution in [-0.4, -0.2) is 22.2 Å². The van der Waals surface area contributed by atoms with Gasteiger partial charge in [-0.3, -0.25) is 9.59 Å². The van der Waals surface area contributed by atoms with Gasteiger partial charge in [0.2, 0.25) is 0 Å².